The van der Waals surface area contributed by atoms with Crippen LogP contribution in [-0.4, -0.2) is 34.5 Å². The van der Waals surface area contributed by atoms with Gasteiger partial charge < -0.3 is 10.2 Å². The Morgan fingerprint density at radius 3 is 3.08 bits per heavy atom. The number of nitrogens with zero attached hydrogens (tertiary/aromatic N) is 3. The van der Waals surface area contributed by atoms with Crippen LogP contribution in [0.25, 0.3) is 0 Å². The maximum Gasteiger partial charge on any atom is 0.205 e. The summed E-state index contributed by atoms with van der Waals surface area (Å²) in [5, 5.41) is 4.58. The van der Waals surface area contributed by atoms with Crippen molar-refractivity contribution in [2.24, 2.45) is 0 Å². The molecule has 0 spiro atoms. The minimum Gasteiger partial charge on any atom is -0.341 e. The molecule has 2 atom stereocenters. The highest BCUT2D eigenvalue weighted by molar-refractivity contribution is 7.09. The van der Waals surface area contributed by atoms with Gasteiger partial charge in [-0.15, -0.1) is 0 Å². The van der Waals surface area contributed by atoms with Gasteiger partial charge in [0.1, 0.15) is 5.82 Å². The second-order valence-electron chi connectivity index (χ2n) is 3.77. The molecule has 70 valence electrons. The molecule has 3 rings (SSSR count). The quantitative estimate of drug-likeness (QED) is 0.706. The van der Waals surface area contributed by atoms with Crippen LogP contribution in [-0.2, 0) is 0 Å². The molecule has 0 aliphatic carbocycles. The first-order valence-corrected chi connectivity index (χ1v) is 5.40. The number of anilines is 1. The van der Waals surface area contributed by atoms with Gasteiger partial charge in [-0.2, -0.15) is 4.37 Å². The molecule has 13 heavy (non-hydrogen) atoms. The first-order chi connectivity index (χ1) is 6.33. The molecular formula is C8H12N4S. The molecule has 0 amide bonds. The number of nitrogens with one attached hydrogen (secondary N) is 1. The second-order valence-corrected chi connectivity index (χ2v) is 4.50. The van der Waals surface area contributed by atoms with Gasteiger partial charge in [0.25, 0.3) is 0 Å². The Morgan fingerprint density at radius 2 is 2.54 bits per heavy atom. The maximum absolute atomic E-state index is 4.42. The van der Waals surface area contributed by atoms with E-state index in [0.29, 0.717) is 12.1 Å². The standard InChI is InChI=1S/C8H12N4S/c1-5-10-8(13-11-5)12-4-6-2-7(12)3-9-6/h6-7,9H,2-4H2,1H3/t6?,7-/m1/s1. The van der Waals surface area contributed by atoms with Gasteiger partial charge in [-0.3, -0.25) is 0 Å². The van der Waals surface area contributed by atoms with Gasteiger partial charge in [-0.1, -0.05) is 0 Å². The number of hydrogen-bond acceptors (Lipinski definition) is 5. The summed E-state index contributed by atoms with van der Waals surface area (Å²) in [4.78, 5) is 6.81. The van der Waals surface area contributed by atoms with Crippen LogP contribution in [0.4, 0.5) is 5.13 Å². The molecule has 1 aromatic heterocycles. The van der Waals surface area contributed by atoms with Gasteiger partial charge in [0, 0.05) is 36.7 Å². The fourth-order valence-corrected chi connectivity index (χ4v) is 2.95. The van der Waals surface area contributed by atoms with E-state index in [-0.39, 0.29) is 0 Å². The molecule has 0 saturated carbocycles. The molecular weight excluding hydrogens is 184 g/mol. The van der Waals surface area contributed by atoms with Crippen molar-refractivity contribution in [1.29, 1.82) is 0 Å². The van der Waals surface area contributed by atoms with Crippen molar-refractivity contribution in [1.82, 2.24) is 14.7 Å². The summed E-state index contributed by atoms with van der Waals surface area (Å²) in [5.74, 6) is 0.899. The van der Waals surface area contributed by atoms with E-state index in [1.807, 2.05) is 6.92 Å². The lowest BCUT2D eigenvalue weighted by Crippen LogP contribution is -2.43. The van der Waals surface area contributed by atoms with Crippen LogP contribution in [0.1, 0.15) is 12.2 Å². The predicted molar refractivity (Wildman–Crippen MR) is 52.2 cm³/mol. The molecule has 5 heteroatoms. The topological polar surface area (TPSA) is 41.1 Å². The van der Waals surface area contributed by atoms with Crippen molar-refractivity contribution in [2.75, 3.05) is 18.0 Å². The highest BCUT2D eigenvalue weighted by atomic mass is 32.1. The average molecular weight is 196 g/mol. The Labute approximate surface area is 81.1 Å². The van der Waals surface area contributed by atoms with Crippen LogP contribution >= 0.6 is 11.5 Å². The fourth-order valence-electron chi connectivity index (χ4n) is 2.20. The third kappa shape index (κ3) is 1.14. The minimum absolute atomic E-state index is 0.664. The van der Waals surface area contributed by atoms with E-state index in [4.69, 9.17) is 0 Å². The van der Waals surface area contributed by atoms with E-state index in [2.05, 4.69) is 19.6 Å². The first kappa shape index (κ1) is 7.70. The van der Waals surface area contributed by atoms with Crippen LogP contribution < -0.4 is 10.2 Å². The summed E-state index contributed by atoms with van der Waals surface area (Å²) in [7, 11) is 0. The molecule has 0 radical (unpaired) electrons. The first-order valence-electron chi connectivity index (χ1n) is 4.63. The number of piperazine rings is 1. The van der Waals surface area contributed by atoms with Crippen molar-refractivity contribution >= 4 is 16.7 Å². The molecule has 1 aromatic rings. The molecule has 2 bridgehead atoms. The highest BCUT2D eigenvalue weighted by Crippen LogP contribution is 2.30. The van der Waals surface area contributed by atoms with Crippen molar-refractivity contribution in [2.45, 2.75) is 25.4 Å². The Kier molecular flexibility index (Phi) is 1.57. The Bertz CT molecular complexity index is 324. The lowest BCUT2D eigenvalue weighted by molar-refractivity contribution is 0.579. The van der Waals surface area contributed by atoms with Crippen LogP contribution in [0, 0.1) is 6.92 Å². The summed E-state index contributed by atoms with van der Waals surface area (Å²) in [6, 6.07) is 1.35. The molecule has 1 N–H and O–H groups in total. The van der Waals surface area contributed by atoms with E-state index in [1.54, 1.807) is 0 Å². The molecule has 2 aliphatic heterocycles. The highest BCUT2D eigenvalue weighted by Gasteiger charge is 2.38. The number of aromatic nitrogens is 2. The van der Waals surface area contributed by atoms with Crippen molar-refractivity contribution in [3.8, 4) is 0 Å². The predicted octanol–water partition coefficient (Wildman–Crippen LogP) is 0.397. The maximum atomic E-state index is 4.42. The Balaban J connectivity index is 1.87. The summed E-state index contributed by atoms with van der Waals surface area (Å²) in [6.07, 6.45) is 1.28. The lowest BCUT2D eigenvalue weighted by Gasteiger charge is -2.26. The smallest absolute Gasteiger partial charge is 0.205 e. The number of rotatable bonds is 1. The summed E-state index contributed by atoms with van der Waals surface area (Å²) in [6.45, 7) is 4.18. The zero-order chi connectivity index (χ0) is 8.84. The molecule has 1 unspecified atom stereocenters. The van der Waals surface area contributed by atoms with E-state index < -0.39 is 0 Å². The Morgan fingerprint density at radius 1 is 1.62 bits per heavy atom. The minimum atomic E-state index is 0.664. The van der Waals surface area contributed by atoms with Crippen molar-refractivity contribution in [3.63, 3.8) is 0 Å². The fraction of sp³-hybridized carbons (Fsp3) is 0.750. The van der Waals surface area contributed by atoms with Gasteiger partial charge in [0.05, 0.1) is 0 Å². The summed E-state index contributed by atoms with van der Waals surface area (Å²) in [5.41, 5.74) is 0. The lowest BCUT2D eigenvalue weighted by atomic mass is 10.2. The zero-order valence-corrected chi connectivity index (χ0v) is 8.34. The van der Waals surface area contributed by atoms with Gasteiger partial charge in [0.2, 0.25) is 5.13 Å². The van der Waals surface area contributed by atoms with Crippen LogP contribution in [0.5, 0.6) is 0 Å². The monoisotopic (exact) mass is 196 g/mol. The molecule has 2 aliphatic rings. The van der Waals surface area contributed by atoms with Crippen LogP contribution in [0.3, 0.4) is 0 Å². The van der Waals surface area contributed by atoms with Crippen LogP contribution in [0.2, 0.25) is 0 Å². The van der Waals surface area contributed by atoms with Crippen molar-refractivity contribution < 1.29 is 0 Å². The number of fused-ring (bicyclic) bond motifs is 2. The number of hydrogen-bond donors (Lipinski definition) is 1. The zero-order valence-electron chi connectivity index (χ0n) is 7.53. The van der Waals surface area contributed by atoms with E-state index >= 15 is 0 Å². The second kappa shape index (κ2) is 2.65. The molecule has 2 saturated heterocycles. The molecule has 0 aromatic carbocycles. The van der Waals surface area contributed by atoms with Crippen molar-refractivity contribution in [3.05, 3.63) is 5.82 Å². The van der Waals surface area contributed by atoms with Gasteiger partial charge in [-0.05, 0) is 13.3 Å². The van der Waals surface area contributed by atoms with E-state index in [1.165, 1.54) is 18.0 Å². The third-order valence-corrected chi connectivity index (χ3v) is 3.66. The average Bonchev–Trinajstić information content (AvgIpc) is 2.77. The van der Waals surface area contributed by atoms with Gasteiger partial charge >= 0.3 is 0 Å². The summed E-state index contributed by atoms with van der Waals surface area (Å²) < 4.78 is 4.21. The normalized spacial score (nSPS) is 31.6. The van der Waals surface area contributed by atoms with Gasteiger partial charge in [-0.25, -0.2) is 4.98 Å². The molecule has 3 heterocycles. The van der Waals surface area contributed by atoms with E-state index in [0.717, 1.165) is 24.0 Å². The molecule has 2 fully saturated rings. The van der Waals surface area contributed by atoms with E-state index in [9.17, 15) is 0 Å². The summed E-state index contributed by atoms with van der Waals surface area (Å²) >= 11 is 1.52. The third-order valence-electron chi connectivity index (χ3n) is 2.82. The van der Waals surface area contributed by atoms with Crippen LogP contribution in [0.15, 0.2) is 0 Å². The SMILES string of the molecule is Cc1nsc(N2CC3C[C@@H]2CN3)n1. The van der Waals surface area contributed by atoms with Gasteiger partial charge in [0.15, 0.2) is 0 Å². The molecule has 4 nitrogen and oxygen atoms in total. The Hall–Kier alpha value is -0.680. The largest absolute Gasteiger partial charge is 0.341 e. The number of aryl methyl sites for hydroxylation is 1.